The maximum atomic E-state index is 9.46. The van der Waals surface area contributed by atoms with Crippen molar-refractivity contribution in [1.29, 1.82) is 0 Å². The smallest absolute Gasteiger partial charge is 0.0668 e. The highest BCUT2D eigenvalue weighted by Crippen LogP contribution is 2.14. The largest absolute Gasteiger partial charge is 0.394 e. The van der Waals surface area contributed by atoms with Crippen molar-refractivity contribution in [2.75, 3.05) is 19.8 Å². The number of ether oxygens (including phenoxy) is 1. The van der Waals surface area contributed by atoms with Crippen LogP contribution in [0.1, 0.15) is 60.3 Å². The normalized spacial score (nSPS) is 16.8. The number of hydrogen-bond acceptors (Lipinski definition) is 3. The predicted octanol–water partition coefficient (Wildman–Crippen LogP) is 2.97. The van der Waals surface area contributed by atoms with Crippen molar-refractivity contribution < 1.29 is 9.84 Å². The molecule has 0 aromatic heterocycles. The quantitative estimate of drug-likeness (QED) is 0.599. The molecule has 0 saturated heterocycles. The molecule has 2 atom stereocenters. The van der Waals surface area contributed by atoms with Crippen molar-refractivity contribution in [1.82, 2.24) is 5.32 Å². The van der Waals surface area contributed by atoms with Crippen LogP contribution in [-0.4, -0.2) is 36.5 Å². The van der Waals surface area contributed by atoms with Crippen LogP contribution in [0.25, 0.3) is 0 Å². The molecule has 0 aromatic carbocycles. The molecule has 18 heavy (non-hydrogen) atoms. The van der Waals surface area contributed by atoms with Gasteiger partial charge in [-0.25, -0.2) is 0 Å². The van der Waals surface area contributed by atoms with E-state index >= 15 is 0 Å². The van der Waals surface area contributed by atoms with Gasteiger partial charge in [0.2, 0.25) is 0 Å². The van der Waals surface area contributed by atoms with E-state index in [9.17, 15) is 5.11 Å². The average molecular weight is 259 g/mol. The van der Waals surface area contributed by atoms with E-state index in [2.05, 4.69) is 33.0 Å². The number of hydrogen-bond donors (Lipinski definition) is 2. The Morgan fingerprint density at radius 1 is 1.28 bits per heavy atom. The van der Waals surface area contributed by atoms with Crippen LogP contribution < -0.4 is 5.32 Å². The van der Waals surface area contributed by atoms with Gasteiger partial charge < -0.3 is 15.2 Å². The molecule has 0 aromatic rings. The van der Waals surface area contributed by atoms with Crippen LogP contribution in [0.3, 0.4) is 0 Å². The molecule has 0 amide bonds. The van der Waals surface area contributed by atoms with Gasteiger partial charge in [0.15, 0.2) is 0 Å². The zero-order chi connectivity index (χ0) is 14.0. The Kier molecular flexibility index (Phi) is 9.70. The van der Waals surface area contributed by atoms with E-state index in [1.54, 1.807) is 0 Å². The summed E-state index contributed by atoms with van der Waals surface area (Å²) in [5.74, 6) is 0.659. The van der Waals surface area contributed by atoms with Gasteiger partial charge in [-0.05, 0) is 19.3 Å². The number of nitrogens with one attached hydrogen (secondary N) is 1. The van der Waals surface area contributed by atoms with Gasteiger partial charge in [-0.1, -0.05) is 47.0 Å². The zero-order valence-electron chi connectivity index (χ0n) is 13.0. The lowest BCUT2D eigenvalue weighted by atomic mass is 10.00. The average Bonchev–Trinajstić information content (AvgIpc) is 2.32. The molecule has 2 unspecified atom stereocenters. The number of unbranched alkanes of at least 4 members (excludes halogenated alkanes) is 1. The third-order valence-electron chi connectivity index (χ3n) is 3.30. The van der Waals surface area contributed by atoms with E-state index in [4.69, 9.17) is 4.74 Å². The monoisotopic (exact) mass is 259 g/mol. The highest BCUT2D eigenvalue weighted by atomic mass is 16.5. The first kappa shape index (κ1) is 17.9. The Balaban J connectivity index is 3.97. The molecule has 0 radical (unpaired) electrons. The second kappa shape index (κ2) is 9.76. The summed E-state index contributed by atoms with van der Waals surface area (Å²) in [7, 11) is 0. The van der Waals surface area contributed by atoms with Crippen molar-refractivity contribution in [3.05, 3.63) is 0 Å². The summed E-state index contributed by atoms with van der Waals surface area (Å²) in [6.45, 7) is 12.1. The fourth-order valence-corrected chi connectivity index (χ4v) is 2.18. The maximum Gasteiger partial charge on any atom is 0.0668 e. The zero-order valence-corrected chi connectivity index (χ0v) is 13.0. The van der Waals surface area contributed by atoms with Crippen molar-refractivity contribution in [3.8, 4) is 0 Å². The molecule has 0 aliphatic rings. The lowest BCUT2D eigenvalue weighted by Gasteiger charge is -2.31. The molecule has 3 nitrogen and oxygen atoms in total. The van der Waals surface area contributed by atoms with Gasteiger partial charge in [-0.3, -0.25) is 0 Å². The minimum Gasteiger partial charge on any atom is -0.394 e. The summed E-state index contributed by atoms with van der Waals surface area (Å²) in [6.07, 6.45) is 4.96. The lowest BCUT2D eigenvalue weighted by molar-refractivity contribution is 0.0221. The van der Waals surface area contributed by atoms with Gasteiger partial charge in [0, 0.05) is 12.6 Å². The van der Waals surface area contributed by atoms with E-state index in [0.717, 1.165) is 6.61 Å². The Morgan fingerprint density at radius 2 is 1.94 bits per heavy atom. The molecular weight excluding hydrogens is 226 g/mol. The van der Waals surface area contributed by atoms with Crippen LogP contribution in [0.2, 0.25) is 0 Å². The molecule has 0 aliphatic carbocycles. The number of rotatable bonds is 11. The molecular formula is C15H33NO2. The molecule has 0 spiro atoms. The van der Waals surface area contributed by atoms with Crippen LogP contribution in [0.4, 0.5) is 0 Å². The third kappa shape index (κ3) is 8.06. The maximum absolute atomic E-state index is 9.46. The van der Waals surface area contributed by atoms with Crippen LogP contribution in [-0.2, 0) is 4.74 Å². The van der Waals surface area contributed by atoms with E-state index in [1.807, 2.05) is 6.92 Å². The van der Waals surface area contributed by atoms with Gasteiger partial charge in [-0.2, -0.15) is 0 Å². The van der Waals surface area contributed by atoms with Gasteiger partial charge >= 0.3 is 0 Å². The van der Waals surface area contributed by atoms with E-state index < -0.39 is 0 Å². The first-order valence-corrected chi connectivity index (χ1v) is 7.43. The van der Waals surface area contributed by atoms with E-state index in [0.29, 0.717) is 18.6 Å². The van der Waals surface area contributed by atoms with Gasteiger partial charge in [0.25, 0.3) is 0 Å². The van der Waals surface area contributed by atoms with E-state index in [1.165, 1.54) is 25.7 Å². The van der Waals surface area contributed by atoms with Crippen molar-refractivity contribution in [3.63, 3.8) is 0 Å². The third-order valence-corrected chi connectivity index (χ3v) is 3.30. The van der Waals surface area contributed by atoms with E-state index in [-0.39, 0.29) is 12.1 Å². The minimum absolute atomic E-state index is 0.108. The topological polar surface area (TPSA) is 41.5 Å². The minimum atomic E-state index is -0.322. The van der Waals surface area contributed by atoms with Gasteiger partial charge in [0.05, 0.1) is 18.8 Å². The van der Waals surface area contributed by atoms with Crippen molar-refractivity contribution >= 4 is 0 Å². The molecule has 3 heteroatoms. The molecule has 0 aliphatic heterocycles. The second-order valence-electron chi connectivity index (χ2n) is 5.95. The highest BCUT2D eigenvalue weighted by Gasteiger charge is 2.24. The summed E-state index contributed by atoms with van der Waals surface area (Å²) in [5.41, 5.74) is -0.322. The van der Waals surface area contributed by atoms with Crippen molar-refractivity contribution in [2.24, 2.45) is 5.92 Å². The Morgan fingerprint density at radius 3 is 2.39 bits per heavy atom. The first-order valence-electron chi connectivity index (χ1n) is 7.43. The molecule has 0 heterocycles. The van der Waals surface area contributed by atoms with Crippen LogP contribution in [0.5, 0.6) is 0 Å². The summed E-state index contributed by atoms with van der Waals surface area (Å²) in [5, 5.41) is 12.8. The first-order chi connectivity index (χ1) is 8.47. The van der Waals surface area contributed by atoms with Crippen LogP contribution >= 0.6 is 0 Å². The molecule has 0 saturated carbocycles. The summed E-state index contributed by atoms with van der Waals surface area (Å²) < 4.78 is 5.82. The molecule has 0 bridgehead atoms. The summed E-state index contributed by atoms with van der Waals surface area (Å²) in [6, 6.07) is 0.354. The van der Waals surface area contributed by atoms with Crippen molar-refractivity contribution in [2.45, 2.75) is 71.9 Å². The Hall–Kier alpha value is -0.120. The molecule has 0 rings (SSSR count). The Bertz CT molecular complexity index is 197. The summed E-state index contributed by atoms with van der Waals surface area (Å²) in [4.78, 5) is 0. The SMILES string of the molecule is CCCCC(CC)COCC(C)(CO)NC(C)C. The van der Waals surface area contributed by atoms with Crippen LogP contribution in [0.15, 0.2) is 0 Å². The fourth-order valence-electron chi connectivity index (χ4n) is 2.18. The van der Waals surface area contributed by atoms with Gasteiger partial charge in [0.1, 0.15) is 0 Å². The molecule has 110 valence electrons. The fraction of sp³-hybridized carbons (Fsp3) is 1.00. The highest BCUT2D eigenvalue weighted by molar-refractivity contribution is 4.83. The standard InChI is InChI=1S/C15H33NO2/c1-6-8-9-14(7-2)10-18-12-15(5,11-17)16-13(3)4/h13-14,16-17H,6-12H2,1-5H3. The van der Waals surface area contributed by atoms with Gasteiger partial charge in [-0.15, -0.1) is 0 Å². The second-order valence-corrected chi connectivity index (χ2v) is 5.95. The molecule has 0 fully saturated rings. The predicted molar refractivity (Wildman–Crippen MR) is 77.9 cm³/mol. The Labute approximate surface area is 113 Å². The lowest BCUT2D eigenvalue weighted by Crippen LogP contribution is -2.52. The molecule has 2 N–H and O–H groups in total. The number of aliphatic hydroxyl groups excluding tert-OH is 1. The van der Waals surface area contributed by atoms with Crippen LogP contribution in [0, 0.1) is 5.92 Å². The summed E-state index contributed by atoms with van der Waals surface area (Å²) >= 11 is 0. The number of aliphatic hydroxyl groups is 1.